The summed E-state index contributed by atoms with van der Waals surface area (Å²) in [6.45, 7) is 4.56. The van der Waals surface area contributed by atoms with Crippen molar-refractivity contribution in [2.45, 2.75) is 19.3 Å². The van der Waals surface area contributed by atoms with Gasteiger partial charge in [-0.3, -0.25) is 0 Å². The Labute approximate surface area is 74.2 Å². The second-order valence-corrected chi connectivity index (χ2v) is 3.61. The van der Waals surface area contributed by atoms with Crippen molar-refractivity contribution in [1.82, 2.24) is 0 Å². The summed E-state index contributed by atoms with van der Waals surface area (Å²) < 4.78 is 4.93. The van der Waals surface area contributed by atoms with Crippen molar-refractivity contribution in [1.29, 1.82) is 0 Å². The molecular formula is C9H18OS. The fraction of sp³-hybridized carbons (Fsp3) is 0.778. The average Bonchev–Trinajstić information content (AvgIpc) is 2.03. The second kappa shape index (κ2) is 10.0. The van der Waals surface area contributed by atoms with Crippen molar-refractivity contribution in [3.05, 3.63) is 12.7 Å². The van der Waals surface area contributed by atoms with E-state index in [1.165, 1.54) is 18.6 Å². The van der Waals surface area contributed by atoms with Crippen molar-refractivity contribution in [2.24, 2.45) is 0 Å². The Morgan fingerprint density at radius 2 is 2.18 bits per heavy atom. The smallest absolute Gasteiger partial charge is 0.0552 e. The molecule has 0 aliphatic rings. The molecule has 0 spiro atoms. The molecule has 0 aromatic rings. The standard InChI is InChI=1S/C9H18OS/c1-3-4-5-6-8-11-9-7-10-2/h3H,1,4-9H2,2H3. The van der Waals surface area contributed by atoms with E-state index < -0.39 is 0 Å². The first-order valence-corrected chi connectivity index (χ1v) is 5.25. The molecule has 0 aliphatic heterocycles. The molecule has 0 aliphatic carbocycles. The van der Waals surface area contributed by atoms with Crippen LogP contribution in [0.2, 0.25) is 0 Å². The van der Waals surface area contributed by atoms with E-state index in [4.69, 9.17) is 4.74 Å². The van der Waals surface area contributed by atoms with Crippen molar-refractivity contribution in [3.8, 4) is 0 Å². The number of hydrogen-bond donors (Lipinski definition) is 0. The maximum absolute atomic E-state index is 4.93. The van der Waals surface area contributed by atoms with Crippen LogP contribution in [0.15, 0.2) is 12.7 Å². The molecule has 0 fully saturated rings. The summed E-state index contributed by atoms with van der Waals surface area (Å²) in [6, 6.07) is 0. The minimum absolute atomic E-state index is 0.881. The van der Waals surface area contributed by atoms with Crippen LogP contribution in [0.4, 0.5) is 0 Å². The van der Waals surface area contributed by atoms with Gasteiger partial charge in [0.2, 0.25) is 0 Å². The molecule has 0 aromatic heterocycles. The largest absolute Gasteiger partial charge is 0.384 e. The van der Waals surface area contributed by atoms with Gasteiger partial charge in [0.25, 0.3) is 0 Å². The molecular weight excluding hydrogens is 156 g/mol. The number of ether oxygens (including phenoxy) is 1. The number of rotatable bonds is 8. The van der Waals surface area contributed by atoms with Gasteiger partial charge in [0.05, 0.1) is 6.61 Å². The monoisotopic (exact) mass is 174 g/mol. The van der Waals surface area contributed by atoms with Crippen LogP contribution in [0.5, 0.6) is 0 Å². The number of methoxy groups -OCH3 is 1. The lowest BCUT2D eigenvalue weighted by atomic mass is 10.2. The van der Waals surface area contributed by atoms with Gasteiger partial charge in [-0.15, -0.1) is 6.58 Å². The zero-order valence-electron chi connectivity index (χ0n) is 7.34. The summed E-state index contributed by atoms with van der Waals surface area (Å²) in [5.74, 6) is 2.39. The van der Waals surface area contributed by atoms with Crippen molar-refractivity contribution >= 4 is 11.8 Å². The summed E-state index contributed by atoms with van der Waals surface area (Å²) in [5.41, 5.74) is 0. The predicted molar refractivity (Wildman–Crippen MR) is 53.2 cm³/mol. The van der Waals surface area contributed by atoms with Crippen LogP contribution in [0.25, 0.3) is 0 Å². The molecule has 0 rings (SSSR count). The molecule has 0 saturated heterocycles. The molecule has 0 amide bonds. The van der Waals surface area contributed by atoms with Crippen molar-refractivity contribution in [3.63, 3.8) is 0 Å². The third-order valence-electron chi connectivity index (χ3n) is 1.38. The van der Waals surface area contributed by atoms with Gasteiger partial charge in [-0.2, -0.15) is 11.8 Å². The van der Waals surface area contributed by atoms with Gasteiger partial charge < -0.3 is 4.74 Å². The zero-order chi connectivity index (χ0) is 8.36. The Kier molecular flexibility index (Phi) is 10.1. The van der Waals surface area contributed by atoms with Crippen LogP contribution in [0, 0.1) is 0 Å². The first-order valence-electron chi connectivity index (χ1n) is 4.09. The van der Waals surface area contributed by atoms with E-state index in [9.17, 15) is 0 Å². The Morgan fingerprint density at radius 1 is 1.36 bits per heavy atom. The van der Waals surface area contributed by atoms with Crippen molar-refractivity contribution in [2.75, 3.05) is 25.2 Å². The van der Waals surface area contributed by atoms with E-state index in [-0.39, 0.29) is 0 Å². The third-order valence-corrected chi connectivity index (χ3v) is 2.41. The fourth-order valence-corrected chi connectivity index (χ4v) is 1.63. The van der Waals surface area contributed by atoms with Gasteiger partial charge >= 0.3 is 0 Å². The molecule has 0 heterocycles. The minimum atomic E-state index is 0.881. The Morgan fingerprint density at radius 3 is 2.82 bits per heavy atom. The van der Waals surface area contributed by atoms with E-state index in [2.05, 4.69) is 6.58 Å². The number of thioether (sulfide) groups is 1. The lowest BCUT2D eigenvalue weighted by Crippen LogP contribution is -1.92. The van der Waals surface area contributed by atoms with Gasteiger partial charge in [-0.05, 0) is 25.0 Å². The topological polar surface area (TPSA) is 9.23 Å². The summed E-state index contributed by atoms with van der Waals surface area (Å²) >= 11 is 1.97. The van der Waals surface area contributed by atoms with E-state index in [1.54, 1.807) is 7.11 Å². The molecule has 0 bridgehead atoms. The molecule has 1 nitrogen and oxygen atoms in total. The lowest BCUT2D eigenvalue weighted by molar-refractivity contribution is 0.218. The van der Waals surface area contributed by atoms with Gasteiger partial charge in [0, 0.05) is 12.9 Å². The molecule has 11 heavy (non-hydrogen) atoms. The maximum Gasteiger partial charge on any atom is 0.0552 e. The summed E-state index contributed by atoms with van der Waals surface area (Å²) in [5, 5.41) is 0. The zero-order valence-corrected chi connectivity index (χ0v) is 8.16. The highest BCUT2D eigenvalue weighted by atomic mass is 32.2. The van der Waals surface area contributed by atoms with Crippen LogP contribution in [-0.2, 0) is 4.74 Å². The normalized spacial score (nSPS) is 9.91. The summed E-state index contributed by atoms with van der Waals surface area (Å²) in [4.78, 5) is 0. The first kappa shape index (κ1) is 11.1. The highest BCUT2D eigenvalue weighted by Gasteiger charge is 1.88. The van der Waals surface area contributed by atoms with Crippen LogP contribution in [0.3, 0.4) is 0 Å². The SMILES string of the molecule is C=CCCCCSCCOC. The minimum Gasteiger partial charge on any atom is -0.384 e. The van der Waals surface area contributed by atoms with E-state index >= 15 is 0 Å². The van der Waals surface area contributed by atoms with Gasteiger partial charge in [0.1, 0.15) is 0 Å². The lowest BCUT2D eigenvalue weighted by Gasteiger charge is -1.98. The molecule has 0 N–H and O–H groups in total. The van der Waals surface area contributed by atoms with Crippen molar-refractivity contribution < 1.29 is 4.74 Å². The quantitative estimate of drug-likeness (QED) is 0.413. The van der Waals surface area contributed by atoms with Crippen LogP contribution < -0.4 is 0 Å². The Hall–Kier alpha value is 0.0500. The Balaban J connectivity index is 2.74. The van der Waals surface area contributed by atoms with Crippen LogP contribution in [0.1, 0.15) is 19.3 Å². The molecule has 2 heteroatoms. The van der Waals surface area contributed by atoms with Crippen LogP contribution in [-0.4, -0.2) is 25.2 Å². The molecule has 0 atom stereocenters. The summed E-state index contributed by atoms with van der Waals surface area (Å²) in [7, 11) is 1.75. The first-order chi connectivity index (χ1) is 5.41. The van der Waals surface area contributed by atoms with Gasteiger partial charge in [0.15, 0.2) is 0 Å². The molecule has 0 radical (unpaired) electrons. The second-order valence-electron chi connectivity index (χ2n) is 2.39. The van der Waals surface area contributed by atoms with E-state index in [0.717, 1.165) is 18.8 Å². The number of unbranched alkanes of at least 4 members (excludes halogenated alkanes) is 2. The fourth-order valence-electron chi connectivity index (χ4n) is 0.737. The predicted octanol–water partition coefficient (Wildman–Crippen LogP) is 2.72. The van der Waals surface area contributed by atoms with E-state index in [1.807, 2.05) is 17.8 Å². The summed E-state index contributed by atoms with van der Waals surface area (Å²) in [6.07, 6.45) is 5.73. The third kappa shape index (κ3) is 10.1. The maximum atomic E-state index is 4.93. The highest BCUT2D eigenvalue weighted by molar-refractivity contribution is 7.99. The number of allylic oxidation sites excluding steroid dienone is 1. The van der Waals surface area contributed by atoms with Crippen LogP contribution >= 0.6 is 11.8 Å². The average molecular weight is 174 g/mol. The van der Waals surface area contributed by atoms with E-state index in [0.29, 0.717) is 0 Å². The van der Waals surface area contributed by atoms with Gasteiger partial charge in [-0.25, -0.2) is 0 Å². The molecule has 0 aromatic carbocycles. The van der Waals surface area contributed by atoms with Gasteiger partial charge in [-0.1, -0.05) is 6.08 Å². The molecule has 0 saturated carbocycles. The highest BCUT2D eigenvalue weighted by Crippen LogP contribution is 2.05. The molecule has 66 valence electrons. The molecule has 0 unspecified atom stereocenters. The number of hydrogen-bond acceptors (Lipinski definition) is 2. The Bertz CT molecular complexity index is 83.6.